The number of amides is 1. The molecule has 1 saturated carbocycles. The van der Waals surface area contributed by atoms with Crippen LogP contribution < -0.4 is 0 Å². The molecule has 7 heteroatoms. The minimum absolute atomic E-state index is 0.0770. The molecule has 0 heterocycles. The quantitative estimate of drug-likeness (QED) is 0.840. The highest BCUT2D eigenvalue weighted by Crippen LogP contribution is 2.26. The van der Waals surface area contributed by atoms with Crippen molar-refractivity contribution in [3.63, 3.8) is 0 Å². The lowest BCUT2D eigenvalue weighted by atomic mass is 9.88. The summed E-state index contributed by atoms with van der Waals surface area (Å²) in [4.78, 5) is 13.6. The Kier molecular flexibility index (Phi) is 4.34. The second kappa shape index (κ2) is 5.73. The molecule has 0 aliphatic heterocycles. The maximum atomic E-state index is 12.9. The molecule has 116 valence electrons. The van der Waals surface area contributed by atoms with Crippen molar-refractivity contribution in [3.8, 4) is 0 Å². The van der Waals surface area contributed by atoms with Gasteiger partial charge >= 0.3 is 0 Å². The van der Waals surface area contributed by atoms with Crippen molar-refractivity contribution >= 4 is 15.7 Å². The summed E-state index contributed by atoms with van der Waals surface area (Å²) in [6.07, 6.45) is 0.506. The van der Waals surface area contributed by atoms with Crippen LogP contribution in [-0.4, -0.2) is 48.8 Å². The molecule has 1 aliphatic carbocycles. The molecule has 1 aromatic carbocycles. The second-order valence-corrected chi connectivity index (χ2v) is 7.64. The highest BCUT2D eigenvalue weighted by atomic mass is 32.2. The SMILES string of the molecule is C[C@H](C(=O)N(C)C1CC(O)C1)S(=O)(=O)c1ccc(F)cc1. The predicted octanol–water partition coefficient (Wildman–Crippen LogP) is 0.970. The first-order valence-corrected chi connectivity index (χ1v) is 8.22. The van der Waals surface area contributed by atoms with Crippen molar-refractivity contribution in [1.29, 1.82) is 0 Å². The molecule has 1 aromatic rings. The number of nitrogens with zero attached hydrogens (tertiary/aromatic N) is 1. The van der Waals surface area contributed by atoms with Gasteiger partial charge in [-0.2, -0.15) is 0 Å². The summed E-state index contributed by atoms with van der Waals surface area (Å²) in [5, 5.41) is 8.02. The van der Waals surface area contributed by atoms with Crippen molar-refractivity contribution in [2.75, 3.05) is 7.05 Å². The number of hydrogen-bond acceptors (Lipinski definition) is 4. The Balaban J connectivity index is 2.15. The van der Waals surface area contributed by atoms with Crippen LogP contribution in [0.1, 0.15) is 19.8 Å². The van der Waals surface area contributed by atoms with Gasteiger partial charge in [0.25, 0.3) is 0 Å². The van der Waals surface area contributed by atoms with E-state index < -0.39 is 32.9 Å². The standard InChI is InChI=1S/C14H18FNO4S/c1-9(14(18)16(2)11-7-12(17)8-11)21(19,20)13-5-3-10(15)4-6-13/h3-6,9,11-12,17H,7-8H2,1-2H3/t9-,11?,12?/m1/s1. The van der Waals surface area contributed by atoms with E-state index in [2.05, 4.69) is 0 Å². The molecule has 0 spiro atoms. The number of carbonyl (C=O) groups is 1. The Bertz CT molecular complexity index is 623. The van der Waals surface area contributed by atoms with E-state index in [-0.39, 0.29) is 10.9 Å². The lowest BCUT2D eigenvalue weighted by molar-refractivity contribution is -0.135. The Morgan fingerprint density at radius 3 is 2.33 bits per heavy atom. The molecule has 0 radical (unpaired) electrons. The monoisotopic (exact) mass is 315 g/mol. The zero-order valence-electron chi connectivity index (χ0n) is 11.9. The molecule has 0 aromatic heterocycles. The number of carbonyl (C=O) groups excluding carboxylic acids is 1. The Labute approximate surface area is 123 Å². The number of rotatable bonds is 4. The van der Waals surface area contributed by atoms with Gasteiger partial charge in [0, 0.05) is 13.1 Å². The first-order chi connectivity index (χ1) is 9.73. The minimum Gasteiger partial charge on any atom is -0.393 e. The van der Waals surface area contributed by atoms with Crippen molar-refractivity contribution in [1.82, 2.24) is 4.90 Å². The average Bonchev–Trinajstić information content (AvgIpc) is 2.42. The summed E-state index contributed by atoms with van der Waals surface area (Å²) >= 11 is 0. The average molecular weight is 315 g/mol. The smallest absolute Gasteiger partial charge is 0.241 e. The summed E-state index contributed by atoms with van der Waals surface area (Å²) in [5.41, 5.74) is 0. The van der Waals surface area contributed by atoms with Crippen LogP contribution in [0.25, 0.3) is 0 Å². The van der Waals surface area contributed by atoms with Gasteiger partial charge in [0.05, 0.1) is 11.0 Å². The van der Waals surface area contributed by atoms with E-state index in [1.807, 2.05) is 0 Å². The number of benzene rings is 1. The van der Waals surface area contributed by atoms with Gasteiger partial charge in [0.2, 0.25) is 5.91 Å². The Morgan fingerprint density at radius 2 is 1.86 bits per heavy atom. The fourth-order valence-electron chi connectivity index (χ4n) is 2.30. The van der Waals surface area contributed by atoms with E-state index in [4.69, 9.17) is 0 Å². The molecule has 0 bridgehead atoms. The van der Waals surface area contributed by atoms with Crippen LogP contribution in [0.5, 0.6) is 0 Å². The molecule has 0 saturated heterocycles. The van der Waals surface area contributed by atoms with Gasteiger partial charge in [-0.05, 0) is 44.0 Å². The highest BCUT2D eigenvalue weighted by Gasteiger charge is 2.38. The van der Waals surface area contributed by atoms with Gasteiger partial charge in [-0.3, -0.25) is 4.79 Å². The summed E-state index contributed by atoms with van der Waals surface area (Å²) in [6.45, 7) is 1.33. The van der Waals surface area contributed by atoms with Crippen LogP contribution in [0.4, 0.5) is 4.39 Å². The van der Waals surface area contributed by atoms with Gasteiger partial charge in [-0.1, -0.05) is 0 Å². The fraction of sp³-hybridized carbons (Fsp3) is 0.500. The maximum Gasteiger partial charge on any atom is 0.241 e. The fourth-order valence-corrected chi connectivity index (χ4v) is 3.66. The van der Waals surface area contributed by atoms with E-state index in [1.54, 1.807) is 0 Å². The van der Waals surface area contributed by atoms with Gasteiger partial charge in [0.15, 0.2) is 9.84 Å². The summed E-state index contributed by atoms with van der Waals surface area (Å²) in [5.74, 6) is -1.05. The molecule has 0 unspecified atom stereocenters. The number of sulfone groups is 1. The normalized spacial score (nSPS) is 23.2. The second-order valence-electron chi connectivity index (χ2n) is 5.37. The maximum absolute atomic E-state index is 12.9. The number of aliphatic hydroxyl groups is 1. The molecule has 1 N–H and O–H groups in total. The molecule has 21 heavy (non-hydrogen) atoms. The third-order valence-corrected chi connectivity index (χ3v) is 6.00. The minimum atomic E-state index is -3.85. The number of hydrogen-bond donors (Lipinski definition) is 1. The van der Waals surface area contributed by atoms with E-state index in [0.29, 0.717) is 12.8 Å². The zero-order valence-corrected chi connectivity index (χ0v) is 12.7. The third-order valence-electron chi connectivity index (χ3n) is 3.94. The van der Waals surface area contributed by atoms with Gasteiger partial charge in [0.1, 0.15) is 11.1 Å². The van der Waals surface area contributed by atoms with Crippen LogP contribution in [0, 0.1) is 5.82 Å². The Morgan fingerprint density at radius 1 is 1.33 bits per heavy atom. The molecule has 1 fully saturated rings. The number of aliphatic hydroxyl groups excluding tert-OH is 1. The van der Waals surface area contributed by atoms with Gasteiger partial charge in [-0.15, -0.1) is 0 Å². The highest BCUT2D eigenvalue weighted by molar-refractivity contribution is 7.92. The van der Waals surface area contributed by atoms with Crippen LogP contribution in [0.3, 0.4) is 0 Å². The number of halogens is 1. The molecule has 1 amide bonds. The Hall–Kier alpha value is -1.47. The topological polar surface area (TPSA) is 74.7 Å². The molecule has 5 nitrogen and oxygen atoms in total. The predicted molar refractivity (Wildman–Crippen MR) is 74.8 cm³/mol. The van der Waals surface area contributed by atoms with Crippen LogP contribution in [-0.2, 0) is 14.6 Å². The largest absolute Gasteiger partial charge is 0.393 e. The molecular weight excluding hydrogens is 297 g/mol. The molecule has 1 aliphatic rings. The van der Waals surface area contributed by atoms with Crippen molar-refractivity contribution in [2.45, 2.75) is 42.1 Å². The zero-order chi connectivity index (χ0) is 15.8. The van der Waals surface area contributed by atoms with E-state index in [9.17, 15) is 22.7 Å². The third kappa shape index (κ3) is 3.08. The first kappa shape index (κ1) is 15.9. The molecular formula is C14H18FNO4S. The summed E-state index contributed by atoms with van der Waals surface area (Å²) < 4.78 is 37.6. The van der Waals surface area contributed by atoms with Crippen molar-refractivity contribution in [3.05, 3.63) is 30.1 Å². The molecule has 2 rings (SSSR count). The van der Waals surface area contributed by atoms with Crippen molar-refractivity contribution in [2.24, 2.45) is 0 Å². The van der Waals surface area contributed by atoms with E-state index >= 15 is 0 Å². The molecule has 1 atom stereocenters. The van der Waals surface area contributed by atoms with Crippen LogP contribution in [0.2, 0.25) is 0 Å². The van der Waals surface area contributed by atoms with Gasteiger partial charge < -0.3 is 10.0 Å². The first-order valence-electron chi connectivity index (χ1n) is 6.67. The van der Waals surface area contributed by atoms with Crippen LogP contribution >= 0.6 is 0 Å². The summed E-state index contributed by atoms with van der Waals surface area (Å²) in [7, 11) is -2.31. The van der Waals surface area contributed by atoms with Crippen LogP contribution in [0.15, 0.2) is 29.2 Å². The van der Waals surface area contributed by atoms with Gasteiger partial charge in [-0.25, -0.2) is 12.8 Å². The summed E-state index contributed by atoms with van der Waals surface area (Å²) in [6, 6.07) is 4.29. The lowest BCUT2D eigenvalue weighted by Gasteiger charge is -2.39. The van der Waals surface area contributed by atoms with E-state index in [1.165, 1.54) is 18.9 Å². The lowest BCUT2D eigenvalue weighted by Crippen LogP contribution is -2.51. The van der Waals surface area contributed by atoms with Crippen molar-refractivity contribution < 1.29 is 22.7 Å². The van der Waals surface area contributed by atoms with E-state index in [0.717, 1.165) is 24.3 Å².